The fraction of sp³-hybridized carbons (Fsp3) is 0.500. The first-order valence-electron chi connectivity index (χ1n) is 3.27. The molecule has 0 heterocycles. The SMILES string of the molecule is C=CCOC(=O)P(=O)(OC)OSC. The molecule has 0 saturated heterocycles. The lowest BCUT2D eigenvalue weighted by Gasteiger charge is -2.11. The molecule has 0 N–H and O–H groups in total. The first-order valence-corrected chi connectivity index (χ1v) is 5.96. The van der Waals surface area contributed by atoms with Gasteiger partial charge in [0.1, 0.15) is 6.61 Å². The highest BCUT2D eigenvalue weighted by Crippen LogP contribution is 2.51. The molecule has 0 amide bonds. The highest BCUT2D eigenvalue weighted by atomic mass is 32.2. The third-order valence-corrected chi connectivity index (χ3v) is 3.40. The second-order valence-electron chi connectivity index (χ2n) is 1.79. The van der Waals surface area contributed by atoms with Gasteiger partial charge in [-0.25, -0.2) is 13.3 Å². The van der Waals surface area contributed by atoms with Crippen LogP contribution in [0.5, 0.6) is 0 Å². The maximum absolute atomic E-state index is 11.4. The van der Waals surface area contributed by atoms with Crippen molar-refractivity contribution in [1.82, 2.24) is 0 Å². The largest absolute Gasteiger partial charge is 0.452 e. The predicted octanol–water partition coefficient (Wildman–Crippen LogP) is 2.44. The summed E-state index contributed by atoms with van der Waals surface area (Å²) in [6.45, 7) is 3.31. The number of carbonyl (C=O) groups excluding carboxylic acids is 1. The fourth-order valence-corrected chi connectivity index (χ4v) is 2.10. The quantitative estimate of drug-likeness (QED) is 0.394. The molecule has 0 saturated carbocycles. The van der Waals surface area contributed by atoms with Gasteiger partial charge in [-0.3, -0.25) is 0 Å². The van der Waals surface area contributed by atoms with Gasteiger partial charge in [-0.05, 0) is 12.0 Å². The lowest BCUT2D eigenvalue weighted by atomic mass is 10.7. The van der Waals surface area contributed by atoms with E-state index in [9.17, 15) is 9.36 Å². The van der Waals surface area contributed by atoms with Crippen molar-refractivity contribution in [2.75, 3.05) is 20.0 Å². The zero-order valence-corrected chi connectivity index (χ0v) is 9.10. The van der Waals surface area contributed by atoms with Gasteiger partial charge in [0.2, 0.25) is 0 Å². The van der Waals surface area contributed by atoms with Crippen LogP contribution in [-0.2, 0) is 17.8 Å². The van der Waals surface area contributed by atoms with E-state index < -0.39 is 13.3 Å². The molecule has 76 valence electrons. The van der Waals surface area contributed by atoms with Crippen molar-refractivity contribution in [3.63, 3.8) is 0 Å². The van der Waals surface area contributed by atoms with Gasteiger partial charge in [-0.2, -0.15) is 0 Å². The van der Waals surface area contributed by atoms with E-state index in [4.69, 9.17) is 0 Å². The summed E-state index contributed by atoms with van der Waals surface area (Å²) in [5.41, 5.74) is -1.01. The monoisotopic (exact) mass is 226 g/mol. The van der Waals surface area contributed by atoms with Crippen LogP contribution in [0.2, 0.25) is 0 Å². The third kappa shape index (κ3) is 3.95. The normalized spacial score (nSPS) is 14.6. The lowest BCUT2D eigenvalue weighted by molar-refractivity contribution is 0.174. The summed E-state index contributed by atoms with van der Waals surface area (Å²) in [6, 6.07) is 0. The summed E-state index contributed by atoms with van der Waals surface area (Å²) in [4.78, 5) is 11.0. The zero-order valence-electron chi connectivity index (χ0n) is 7.39. The van der Waals surface area contributed by atoms with Crippen LogP contribution in [0.15, 0.2) is 12.7 Å². The Hall–Kier alpha value is -0.290. The molecule has 0 spiro atoms. The first-order chi connectivity index (χ1) is 6.10. The van der Waals surface area contributed by atoms with E-state index in [1.165, 1.54) is 12.3 Å². The molecular formula is C6H11O5PS. The summed E-state index contributed by atoms with van der Waals surface area (Å²) in [6.07, 6.45) is 2.88. The Morgan fingerprint density at radius 1 is 1.69 bits per heavy atom. The maximum Gasteiger partial charge on any atom is 0.449 e. The molecule has 0 rings (SSSR count). The molecule has 1 atom stereocenters. The number of hydrogen-bond acceptors (Lipinski definition) is 6. The van der Waals surface area contributed by atoms with Crippen molar-refractivity contribution in [3.05, 3.63) is 12.7 Å². The minimum absolute atomic E-state index is 0.0239. The molecule has 0 radical (unpaired) electrons. The van der Waals surface area contributed by atoms with E-state index in [0.717, 1.165) is 19.2 Å². The smallest absolute Gasteiger partial charge is 0.449 e. The second-order valence-corrected chi connectivity index (χ2v) is 4.44. The molecule has 5 nitrogen and oxygen atoms in total. The topological polar surface area (TPSA) is 61.8 Å². The van der Waals surface area contributed by atoms with E-state index in [2.05, 4.69) is 19.8 Å². The van der Waals surface area contributed by atoms with Crippen LogP contribution in [-0.4, -0.2) is 25.7 Å². The summed E-state index contributed by atoms with van der Waals surface area (Å²) in [5.74, 6) is 0. The summed E-state index contributed by atoms with van der Waals surface area (Å²) < 4.78 is 24.9. The number of ether oxygens (including phenoxy) is 1. The molecule has 1 unspecified atom stereocenters. The molecule has 0 aliphatic rings. The van der Waals surface area contributed by atoms with Gasteiger partial charge >= 0.3 is 13.3 Å². The van der Waals surface area contributed by atoms with Crippen molar-refractivity contribution in [2.24, 2.45) is 0 Å². The van der Waals surface area contributed by atoms with Crippen LogP contribution in [0.3, 0.4) is 0 Å². The van der Waals surface area contributed by atoms with Gasteiger partial charge in [0.15, 0.2) is 0 Å². The molecule has 0 aromatic rings. The zero-order chi connectivity index (χ0) is 10.3. The van der Waals surface area contributed by atoms with E-state index in [1.54, 1.807) is 0 Å². The molecule has 0 aromatic heterocycles. The summed E-state index contributed by atoms with van der Waals surface area (Å²) in [5, 5.41) is 0. The van der Waals surface area contributed by atoms with Crippen LogP contribution in [0, 0.1) is 0 Å². The van der Waals surface area contributed by atoms with E-state index >= 15 is 0 Å². The maximum atomic E-state index is 11.4. The lowest BCUT2D eigenvalue weighted by Crippen LogP contribution is -2.05. The van der Waals surface area contributed by atoms with Gasteiger partial charge in [0.05, 0.1) is 0 Å². The Balaban J connectivity index is 4.29. The van der Waals surface area contributed by atoms with E-state index in [-0.39, 0.29) is 6.61 Å². The second kappa shape index (κ2) is 6.21. The number of carbonyl (C=O) groups is 1. The molecular weight excluding hydrogens is 215 g/mol. The highest BCUT2D eigenvalue weighted by molar-refractivity contribution is 7.99. The van der Waals surface area contributed by atoms with Crippen LogP contribution < -0.4 is 0 Å². The van der Waals surface area contributed by atoms with E-state index in [0.29, 0.717) is 0 Å². The first kappa shape index (κ1) is 12.7. The molecule has 13 heavy (non-hydrogen) atoms. The number of rotatable bonds is 6. The minimum Gasteiger partial charge on any atom is -0.452 e. The molecule has 0 fully saturated rings. The summed E-state index contributed by atoms with van der Waals surface area (Å²) >= 11 is 0.780. The molecule has 0 aromatic carbocycles. The standard InChI is InChI=1S/C6H11O5PS/c1-4-5-10-6(7)12(8,9-2)11-13-3/h4H,1,5H2,2-3H3. The molecule has 0 bridgehead atoms. The summed E-state index contributed by atoms with van der Waals surface area (Å²) in [7, 11) is -2.65. The molecule has 7 heteroatoms. The van der Waals surface area contributed by atoms with Crippen molar-refractivity contribution in [3.8, 4) is 0 Å². The van der Waals surface area contributed by atoms with Crippen LogP contribution >= 0.6 is 19.6 Å². The van der Waals surface area contributed by atoms with Gasteiger partial charge in [0, 0.05) is 13.4 Å². The average molecular weight is 226 g/mol. The van der Waals surface area contributed by atoms with Crippen molar-refractivity contribution in [1.29, 1.82) is 0 Å². The Morgan fingerprint density at radius 3 is 2.69 bits per heavy atom. The molecule has 0 aliphatic heterocycles. The van der Waals surface area contributed by atoms with Crippen LogP contribution in [0.25, 0.3) is 0 Å². The van der Waals surface area contributed by atoms with Crippen LogP contribution in [0.1, 0.15) is 0 Å². The highest BCUT2D eigenvalue weighted by Gasteiger charge is 2.36. The third-order valence-electron chi connectivity index (χ3n) is 0.961. The Morgan fingerprint density at radius 2 is 2.31 bits per heavy atom. The Bertz CT molecular complexity index is 229. The van der Waals surface area contributed by atoms with E-state index in [1.807, 2.05) is 0 Å². The van der Waals surface area contributed by atoms with Gasteiger partial charge in [0.25, 0.3) is 0 Å². The van der Waals surface area contributed by atoms with Crippen LogP contribution in [0.4, 0.5) is 4.79 Å². The number of hydrogen-bond donors (Lipinski definition) is 0. The predicted molar refractivity (Wildman–Crippen MR) is 50.8 cm³/mol. The fourth-order valence-electron chi connectivity index (χ4n) is 0.443. The van der Waals surface area contributed by atoms with Crippen molar-refractivity contribution in [2.45, 2.75) is 0 Å². The molecule has 0 aliphatic carbocycles. The van der Waals surface area contributed by atoms with Crippen molar-refractivity contribution < 1.29 is 22.6 Å². The van der Waals surface area contributed by atoms with Crippen molar-refractivity contribution >= 4 is 25.3 Å². The van der Waals surface area contributed by atoms with Gasteiger partial charge in [-0.15, -0.1) is 0 Å². The van der Waals surface area contributed by atoms with Gasteiger partial charge < -0.3 is 9.26 Å². The average Bonchev–Trinajstić information content (AvgIpc) is 2.14. The minimum atomic E-state index is -3.77. The Labute approximate surface area is 81.2 Å². The van der Waals surface area contributed by atoms with Gasteiger partial charge in [-0.1, -0.05) is 12.7 Å². The Kier molecular flexibility index (Phi) is 6.07.